The van der Waals surface area contributed by atoms with Crippen LogP contribution < -0.4 is 0 Å². The Morgan fingerprint density at radius 3 is 0.600 bits per heavy atom. The van der Waals surface area contributed by atoms with Crippen molar-refractivity contribution in [2.75, 3.05) is 65.7 Å². The van der Waals surface area contributed by atoms with Crippen LogP contribution in [0.5, 0.6) is 0 Å². The van der Waals surface area contributed by atoms with Gasteiger partial charge in [0.25, 0.3) is 0 Å². The molecule has 0 bridgehead atoms. The summed E-state index contributed by atoms with van der Waals surface area (Å²) in [6, 6.07) is 0. The first kappa shape index (κ1) is 69.7. The van der Waals surface area contributed by atoms with Gasteiger partial charge in [0.05, 0.1) is 50.8 Å². The largest absolute Gasteiger partial charge is 0.392 e. The van der Waals surface area contributed by atoms with Crippen LogP contribution in [-0.4, -0.2) is 120 Å². The second kappa shape index (κ2) is 57.9. The molecule has 0 fully saturated rings. The zero-order valence-corrected chi connectivity index (χ0v) is 48.0. The molecule has 0 rings (SSSR count). The fourth-order valence-electron chi connectivity index (χ4n) is 10.3. The highest BCUT2D eigenvalue weighted by Crippen LogP contribution is 2.17. The number of ether oxygens (including phenoxy) is 2. The molecule has 0 aliphatic carbocycles. The van der Waals surface area contributed by atoms with Crippen molar-refractivity contribution in [3.63, 3.8) is 0 Å². The topological polar surface area (TPSA) is 106 Å². The number of hydrogen-bond acceptors (Lipinski definition) is 8. The molecule has 8 nitrogen and oxygen atoms in total. The van der Waals surface area contributed by atoms with E-state index in [1.165, 1.54) is 231 Å². The summed E-state index contributed by atoms with van der Waals surface area (Å²) >= 11 is 0. The van der Waals surface area contributed by atoms with Gasteiger partial charge in [-0.15, -0.1) is 0 Å². The van der Waals surface area contributed by atoms with E-state index < -0.39 is 0 Å². The van der Waals surface area contributed by atoms with E-state index in [4.69, 9.17) is 9.47 Å². The maximum Gasteiger partial charge on any atom is 0.0701 e. The maximum absolute atomic E-state index is 11.1. The molecule has 422 valence electrons. The van der Waals surface area contributed by atoms with Crippen molar-refractivity contribution in [1.29, 1.82) is 0 Å². The molecule has 0 aromatic heterocycles. The zero-order valence-electron chi connectivity index (χ0n) is 48.0. The van der Waals surface area contributed by atoms with Crippen LogP contribution in [0.25, 0.3) is 0 Å². The van der Waals surface area contributed by atoms with Gasteiger partial charge in [0, 0.05) is 39.3 Å². The number of aliphatic hydroxyl groups excluding tert-OH is 4. The summed E-state index contributed by atoms with van der Waals surface area (Å²) in [5, 5.41) is 44.3. The van der Waals surface area contributed by atoms with Crippen molar-refractivity contribution >= 4 is 0 Å². The quantitative estimate of drug-likeness (QED) is 0.0447. The van der Waals surface area contributed by atoms with E-state index >= 15 is 0 Å². The molecule has 4 unspecified atom stereocenters. The van der Waals surface area contributed by atoms with E-state index in [1.54, 1.807) is 0 Å². The molecule has 0 aromatic rings. The lowest BCUT2D eigenvalue weighted by Crippen LogP contribution is -2.40. The van der Waals surface area contributed by atoms with E-state index in [1.807, 2.05) is 0 Å². The van der Waals surface area contributed by atoms with Gasteiger partial charge in [0.1, 0.15) is 0 Å². The lowest BCUT2D eigenvalue weighted by molar-refractivity contribution is 0.00694. The highest BCUT2D eigenvalue weighted by molar-refractivity contribution is 4.72. The van der Waals surface area contributed by atoms with Crippen molar-refractivity contribution in [1.82, 2.24) is 9.80 Å². The predicted octanol–water partition coefficient (Wildman–Crippen LogP) is 16.3. The van der Waals surface area contributed by atoms with Crippen molar-refractivity contribution in [2.24, 2.45) is 0 Å². The van der Waals surface area contributed by atoms with Gasteiger partial charge in [-0.2, -0.15) is 0 Å². The predicted molar refractivity (Wildman–Crippen MR) is 304 cm³/mol. The Kier molecular flexibility index (Phi) is 57.7. The molecule has 0 amide bonds. The van der Waals surface area contributed by atoms with Crippen LogP contribution in [0.4, 0.5) is 0 Å². The van der Waals surface area contributed by atoms with Crippen LogP contribution >= 0.6 is 0 Å². The lowest BCUT2D eigenvalue weighted by Gasteiger charge is -2.28. The highest BCUT2D eigenvalue weighted by atomic mass is 16.5. The molecule has 0 saturated heterocycles. The Morgan fingerprint density at radius 2 is 0.414 bits per heavy atom. The van der Waals surface area contributed by atoms with Gasteiger partial charge in [-0.25, -0.2) is 0 Å². The van der Waals surface area contributed by atoms with E-state index in [2.05, 4.69) is 37.5 Å². The highest BCUT2D eigenvalue weighted by Gasteiger charge is 2.18. The average molecular weight is 998 g/mol. The number of nitrogens with zero attached hydrogens (tertiary/aromatic N) is 2. The molecule has 0 spiro atoms. The Hall–Kier alpha value is -0.320. The summed E-state index contributed by atoms with van der Waals surface area (Å²) in [7, 11) is 0. The number of unbranched alkanes of at least 4 members (excludes halogenated alkanes) is 36. The van der Waals surface area contributed by atoms with Crippen LogP contribution in [0.2, 0.25) is 0 Å². The Bertz CT molecular complexity index is 823. The first-order valence-corrected chi connectivity index (χ1v) is 31.7. The smallest absolute Gasteiger partial charge is 0.0701 e. The standard InChI is InChI=1S/C62H128N2O6/c1-5-9-13-17-21-25-29-33-37-41-45-59(65)55-63(56-60(66)46-42-38-34-30-26-22-18-14-10-6-2)49-51-69-53-54-70-52-50-64(57-61(67)47-43-39-35-31-27-23-19-15-11-7-3)58-62(68)48-44-40-36-32-28-24-20-16-12-8-4/h59-62,65-68H,5-58H2,1-4H3. The van der Waals surface area contributed by atoms with Crippen LogP contribution in [0.3, 0.4) is 0 Å². The van der Waals surface area contributed by atoms with E-state index in [9.17, 15) is 20.4 Å². The normalized spacial score (nSPS) is 13.8. The second-order valence-electron chi connectivity index (χ2n) is 22.2. The second-order valence-corrected chi connectivity index (χ2v) is 22.2. The van der Waals surface area contributed by atoms with E-state index in [0.717, 1.165) is 51.4 Å². The summed E-state index contributed by atoms with van der Waals surface area (Å²) in [5.41, 5.74) is 0. The minimum Gasteiger partial charge on any atom is -0.392 e. The van der Waals surface area contributed by atoms with Gasteiger partial charge in [0.2, 0.25) is 0 Å². The monoisotopic (exact) mass is 997 g/mol. The summed E-state index contributed by atoms with van der Waals surface area (Å²) in [6.45, 7) is 14.9. The lowest BCUT2D eigenvalue weighted by atomic mass is 10.0. The van der Waals surface area contributed by atoms with Crippen LogP contribution in [0.15, 0.2) is 0 Å². The zero-order chi connectivity index (χ0) is 51.1. The minimum atomic E-state index is -0.383. The van der Waals surface area contributed by atoms with Crippen LogP contribution in [0.1, 0.15) is 310 Å². The van der Waals surface area contributed by atoms with Crippen molar-refractivity contribution < 1.29 is 29.9 Å². The van der Waals surface area contributed by atoms with Gasteiger partial charge in [0.15, 0.2) is 0 Å². The summed E-state index contributed by atoms with van der Waals surface area (Å²) in [5.74, 6) is 0. The molecule has 4 N–H and O–H groups in total. The van der Waals surface area contributed by atoms with Crippen molar-refractivity contribution in [2.45, 2.75) is 335 Å². The fourth-order valence-corrected chi connectivity index (χ4v) is 10.3. The molecule has 0 aromatic carbocycles. The molecule has 0 aliphatic heterocycles. The molecule has 8 heteroatoms. The first-order valence-electron chi connectivity index (χ1n) is 31.7. The number of hydrogen-bond donors (Lipinski definition) is 4. The fraction of sp³-hybridized carbons (Fsp3) is 1.00. The average Bonchev–Trinajstić information content (AvgIpc) is 3.34. The summed E-state index contributed by atoms with van der Waals surface area (Å²) < 4.78 is 12.2. The van der Waals surface area contributed by atoms with Gasteiger partial charge in [-0.05, 0) is 25.7 Å². The molecule has 4 atom stereocenters. The van der Waals surface area contributed by atoms with Gasteiger partial charge < -0.3 is 29.9 Å². The Balaban J connectivity index is 4.84. The van der Waals surface area contributed by atoms with Gasteiger partial charge in [-0.1, -0.05) is 285 Å². The molecule has 70 heavy (non-hydrogen) atoms. The molecule has 0 heterocycles. The SMILES string of the molecule is CCCCCCCCCCCCC(O)CN(CCOCCOCCN(CC(O)CCCCCCCCCCCC)CC(O)CCCCCCCCCCCC)CC(O)CCCCCCCCCCCC. The van der Waals surface area contributed by atoms with Crippen LogP contribution in [0, 0.1) is 0 Å². The van der Waals surface area contributed by atoms with E-state index in [-0.39, 0.29) is 24.4 Å². The van der Waals surface area contributed by atoms with Gasteiger partial charge in [-0.3, -0.25) is 9.80 Å². The van der Waals surface area contributed by atoms with Crippen molar-refractivity contribution in [3.05, 3.63) is 0 Å². The molecular weight excluding hydrogens is 869 g/mol. The minimum absolute atomic E-state index is 0.383. The van der Waals surface area contributed by atoms with Crippen LogP contribution in [-0.2, 0) is 9.47 Å². The third-order valence-corrected chi connectivity index (χ3v) is 14.9. The molecule has 0 saturated carbocycles. The van der Waals surface area contributed by atoms with E-state index in [0.29, 0.717) is 65.7 Å². The molecule has 0 radical (unpaired) electrons. The molecule has 0 aliphatic rings. The Morgan fingerprint density at radius 1 is 0.243 bits per heavy atom. The first-order chi connectivity index (χ1) is 34.4. The third kappa shape index (κ3) is 54.0. The maximum atomic E-state index is 11.1. The summed E-state index contributed by atoms with van der Waals surface area (Å²) in [6.07, 6.45) is 53.5. The number of aliphatic hydroxyl groups is 4. The van der Waals surface area contributed by atoms with Crippen molar-refractivity contribution in [3.8, 4) is 0 Å². The molecular formula is C62H128N2O6. The Labute approximate surface area is 438 Å². The summed E-state index contributed by atoms with van der Waals surface area (Å²) in [4.78, 5) is 4.45. The number of rotatable bonds is 61. The third-order valence-electron chi connectivity index (χ3n) is 14.9. The van der Waals surface area contributed by atoms with Gasteiger partial charge >= 0.3 is 0 Å².